The van der Waals surface area contributed by atoms with Crippen molar-refractivity contribution in [2.45, 2.75) is 187 Å². The first kappa shape index (κ1) is 38.5. The molecule has 0 aliphatic carbocycles. The standard InChI is InChI=1S/C31H65NO3.BrH/c1-5-7-9-11-13-15-17-19-21-23-27-34-29(25-26-31(3,4)32)30(33)35-28-24-22-20-18-16-14-12-10-8-6-2;/h29-30,33H,5-28,32H2,1-4H3;1H. The van der Waals surface area contributed by atoms with Crippen molar-refractivity contribution in [3.05, 3.63) is 0 Å². The number of halogens is 1. The Hall–Kier alpha value is 0.320. The number of ether oxygens (including phenoxy) is 2. The lowest BCUT2D eigenvalue weighted by Crippen LogP contribution is -2.37. The maximum atomic E-state index is 10.6. The normalized spacial score (nSPS) is 13.5. The van der Waals surface area contributed by atoms with Crippen LogP contribution in [0.25, 0.3) is 0 Å². The maximum absolute atomic E-state index is 10.6. The summed E-state index contributed by atoms with van der Waals surface area (Å²) in [5.74, 6) is 0. The summed E-state index contributed by atoms with van der Waals surface area (Å²) in [5, 5.41) is 10.6. The van der Waals surface area contributed by atoms with Crippen LogP contribution >= 0.6 is 17.0 Å². The van der Waals surface area contributed by atoms with Crippen LogP contribution in [0.3, 0.4) is 0 Å². The van der Waals surface area contributed by atoms with Gasteiger partial charge in [-0.2, -0.15) is 0 Å². The van der Waals surface area contributed by atoms with Crippen LogP contribution < -0.4 is 5.73 Å². The molecule has 220 valence electrons. The van der Waals surface area contributed by atoms with Gasteiger partial charge >= 0.3 is 0 Å². The van der Waals surface area contributed by atoms with Crippen LogP contribution in [0, 0.1) is 0 Å². The highest BCUT2D eigenvalue weighted by molar-refractivity contribution is 8.93. The molecule has 0 heterocycles. The molecule has 0 saturated carbocycles. The minimum atomic E-state index is -0.848. The van der Waals surface area contributed by atoms with Crippen LogP contribution in [0.15, 0.2) is 0 Å². The van der Waals surface area contributed by atoms with Gasteiger partial charge in [-0.25, -0.2) is 0 Å². The number of aliphatic hydroxyl groups excluding tert-OH is 1. The Morgan fingerprint density at radius 1 is 0.583 bits per heavy atom. The summed E-state index contributed by atoms with van der Waals surface area (Å²) in [7, 11) is 0. The second-order valence-electron chi connectivity index (χ2n) is 11.6. The highest BCUT2D eigenvalue weighted by Crippen LogP contribution is 2.17. The van der Waals surface area contributed by atoms with Crippen molar-refractivity contribution in [1.82, 2.24) is 0 Å². The number of unbranched alkanes of at least 4 members (excludes halogenated alkanes) is 18. The predicted octanol–water partition coefficient (Wildman–Crippen LogP) is 9.64. The minimum Gasteiger partial charge on any atom is -0.373 e. The van der Waals surface area contributed by atoms with Gasteiger partial charge in [-0.05, 0) is 39.5 Å². The number of aliphatic hydroxyl groups is 1. The van der Waals surface area contributed by atoms with Gasteiger partial charge in [-0.3, -0.25) is 0 Å². The van der Waals surface area contributed by atoms with Crippen molar-refractivity contribution >= 4 is 17.0 Å². The molecule has 0 aromatic rings. The summed E-state index contributed by atoms with van der Waals surface area (Å²) in [6, 6.07) is 0. The van der Waals surface area contributed by atoms with Crippen molar-refractivity contribution in [2.75, 3.05) is 13.2 Å². The zero-order valence-electron chi connectivity index (χ0n) is 24.9. The third-order valence-electron chi connectivity index (χ3n) is 7.01. The summed E-state index contributed by atoms with van der Waals surface area (Å²) in [5.41, 5.74) is 5.93. The Bertz CT molecular complexity index is 417. The van der Waals surface area contributed by atoms with Gasteiger partial charge in [-0.1, -0.05) is 129 Å². The second-order valence-corrected chi connectivity index (χ2v) is 11.6. The smallest absolute Gasteiger partial charge is 0.181 e. The molecule has 0 fully saturated rings. The zero-order valence-corrected chi connectivity index (χ0v) is 26.6. The maximum Gasteiger partial charge on any atom is 0.181 e. The highest BCUT2D eigenvalue weighted by atomic mass is 79.9. The molecule has 5 heteroatoms. The van der Waals surface area contributed by atoms with Gasteiger partial charge in [0.2, 0.25) is 0 Å². The topological polar surface area (TPSA) is 64.7 Å². The average molecular weight is 581 g/mol. The fourth-order valence-electron chi connectivity index (χ4n) is 4.55. The Kier molecular flexibility index (Phi) is 30.3. The monoisotopic (exact) mass is 579 g/mol. The number of nitrogens with two attached hydrogens (primary N) is 1. The lowest BCUT2D eigenvalue weighted by Gasteiger charge is -2.27. The molecule has 3 N–H and O–H groups in total. The lowest BCUT2D eigenvalue weighted by molar-refractivity contribution is -0.182. The van der Waals surface area contributed by atoms with Crippen molar-refractivity contribution in [2.24, 2.45) is 5.73 Å². The summed E-state index contributed by atoms with van der Waals surface area (Å²) in [4.78, 5) is 0. The number of hydrogen-bond acceptors (Lipinski definition) is 4. The summed E-state index contributed by atoms with van der Waals surface area (Å²) in [6.45, 7) is 9.91. The molecule has 0 saturated heterocycles. The van der Waals surface area contributed by atoms with E-state index in [2.05, 4.69) is 13.8 Å². The van der Waals surface area contributed by atoms with Crippen LogP contribution in [0.1, 0.15) is 169 Å². The van der Waals surface area contributed by atoms with E-state index in [9.17, 15) is 5.11 Å². The Labute approximate surface area is 237 Å². The summed E-state index contributed by atoms with van der Waals surface area (Å²) in [6.07, 6.45) is 26.6. The van der Waals surface area contributed by atoms with E-state index in [1.165, 1.54) is 116 Å². The van der Waals surface area contributed by atoms with Gasteiger partial charge in [0, 0.05) is 18.8 Å². The van der Waals surface area contributed by atoms with Gasteiger partial charge in [0.05, 0.1) is 0 Å². The van der Waals surface area contributed by atoms with E-state index in [1.54, 1.807) is 0 Å². The molecular weight excluding hydrogens is 514 g/mol. The van der Waals surface area contributed by atoms with E-state index in [0.29, 0.717) is 13.2 Å². The number of hydrogen-bond donors (Lipinski definition) is 2. The average Bonchev–Trinajstić information content (AvgIpc) is 2.82. The minimum absolute atomic E-state index is 0. The first-order valence-corrected chi connectivity index (χ1v) is 15.6. The molecule has 0 bridgehead atoms. The van der Waals surface area contributed by atoms with Crippen molar-refractivity contribution in [3.8, 4) is 0 Å². The second kappa shape index (κ2) is 28.3. The lowest BCUT2D eigenvalue weighted by atomic mass is 9.97. The summed E-state index contributed by atoms with van der Waals surface area (Å²) >= 11 is 0. The molecule has 2 atom stereocenters. The van der Waals surface area contributed by atoms with Gasteiger partial charge in [0.25, 0.3) is 0 Å². The van der Waals surface area contributed by atoms with Crippen LogP contribution in [0.2, 0.25) is 0 Å². The van der Waals surface area contributed by atoms with Crippen LogP contribution in [0.4, 0.5) is 0 Å². The van der Waals surface area contributed by atoms with Crippen LogP contribution in [0.5, 0.6) is 0 Å². The third-order valence-corrected chi connectivity index (χ3v) is 7.01. The fraction of sp³-hybridized carbons (Fsp3) is 1.00. The van der Waals surface area contributed by atoms with Crippen molar-refractivity contribution < 1.29 is 14.6 Å². The third kappa shape index (κ3) is 28.9. The Morgan fingerprint density at radius 2 is 0.917 bits per heavy atom. The van der Waals surface area contributed by atoms with E-state index in [0.717, 1.165) is 25.7 Å². The van der Waals surface area contributed by atoms with Crippen LogP contribution in [-0.4, -0.2) is 36.3 Å². The Morgan fingerprint density at radius 3 is 1.28 bits per heavy atom. The van der Waals surface area contributed by atoms with E-state index in [-0.39, 0.29) is 28.6 Å². The quantitative estimate of drug-likeness (QED) is 0.0714. The summed E-state index contributed by atoms with van der Waals surface area (Å²) < 4.78 is 11.9. The largest absolute Gasteiger partial charge is 0.373 e. The van der Waals surface area contributed by atoms with Gasteiger partial charge in [0.15, 0.2) is 6.29 Å². The molecule has 0 aliphatic rings. The van der Waals surface area contributed by atoms with Gasteiger partial charge < -0.3 is 20.3 Å². The zero-order chi connectivity index (χ0) is 26.0. The predicted molar refractivity (Wildman–Crippen MR) is 163 cm³/mol. The molecule has 0 aliphatic heterocycles. The van der Waals surface area contributed by atoms with Crippen LogP contribution in [-0.2, 0) is 9.47 Å². The van der Waals surface area contributed by atoms with E-state index in [4.69, 9.17) is 15.2 Å². The first-order valence-electron chi connectivity index (χ1n) is 15.6. The van der Waals surface area contributed by atoms with Crippen molar-refractivity contribution in [3.63, 3.8) is 0 Å². The molecule has 0 aromatic carbocycles. The molecular formula is C31H66BrNO3. The fourth-order valence-corrected chi connectivity index (χ4v) is 4.55. The SMILES string of the molecule is Br.CCCCCCCCCCCCOC(O)C(CCC(C)(C)N)OCCCCCCCCCCCC. The highest BCUT2D eigenvalue weighted by Gasteiger charge is 2.23. The molecule has 0 radical (unpaired) electrons. The Balaban J connectivity index is 0. The molecule has 36 heavy (non-hydrogen) atoms. The van der Waals surface area contributed by atoms with Gasteiger partial charge in [0.1, 0.15) is 6.10 Å². The van der Waals surface area contributed by atoms with E-state index < -0.39 is 6.29 Å². The molecule has 0 spiro atoms. The van der Waals surface area contributed by atoms with E-state index in [1.807, 2.05) is 13.8 Å². The first-order chi connectivity index (χ1) is 16.9. The molecule has 0 amide bonds. The number of rotatable bonds is 28. The van der Waals surface area contributed by atoms with Gasteiger partial charge in [-0.15, -0.1) is 17.0 Å². The molecule has 0 rings (SSSR count). The molecule has 2 unspecified atom stereocenters. The van der Waals surface area contributed by atoms with E-state index >= 15 is 0 Å². The van der Waals surface area contributed by atoms with Crippen molar-refractivity contribution in [1.29, 1.82) is 0 Å². The molecule has 0 aromatic heterocycles. The molecule has 4 nitrogen and oxygen atoms in total.